The molecule has 4 heterocycles. The zero-order valence-electron chi connectivity index (χ0n) is 69.2. The molecule has 28 rings (SSSR count). The Hall–Kier alpha value is -16.9. The molecule has 592 valence electrons. The molecule has 0 N–H and O–H groups in total. The van der Waals surface area contributed by atoms with E-state index in [1.165, 1.54) is 174 Å². The lowest BCUT2D eigenvalue weighted by molar-refractivity contribution is 0.669. The topological polar surface area (TPSA) is 52.6 Å². The predicted octanol–water partition coefficient (Wildman–Crippen LogP) is 35.8. The van der Waals surface area contributed by atoms with Crippen LogP contribution in [0, 0.1) is 0 Å². The summed E-state index contributed by atoms with van der Waals surface area (Å²) in [4.78, 5) is 0. The van der Waals surface area contributed by atoms with Crippen LogP contribution in [0.3, 0.4) is 0 Å². The van der Waals surface area contributed by atoms with Crippen LogP contribution in [0.1, 0.15) is 0 Å². The molecule has 4 nitrogen and oxygen atoms in total. The van der Waals surface area contributed by atoms with Crippen LogP contribution in [-0.2, 0) is 0 Å². The lowest BCUT2D eigenvalue weighted by atomic mass is 9.85. The van der Waals surface area contributed by atoms with Crippen LogP contribution in [0.5, 0.6) is 0 Å². The van der Waals surface area contributed by atoms with Gasteiger partial charge in [0.15, 0.2) is 0 Å². The fraction of sp³-hybridized carbons (Fsp3) is 0. The van der Waals surface area contributed by atoms with Gasteiger partial charge in [-0.3, -0.25) is 0 Å². The molecule has 0 fully saturated rings. The van der Waals surface area contributed by atoms with Gasteiger partial charge < -0.3 is 17.7 Å². The van der Waals surface area contributed by atoms with E-state index in [0.717, 1.165) is 110 Å². The molecule has 4 heteroatoms. The van der Waals surface area contributed by atoms with E-state index in [9.17, 15) is 0 Å². The average molecular weight is 1630 g/mol. The first-order valence-electron chi connectivity index (χ1n) is 44.0. The molecule has 0 radical (unpaired) electrons. The second-order valence-corrected chi connectivity index (χ2v) is 34.1. The molecule has 0 atom stereocenters. The molecule has 0 aliphatic heterocycles. The molecular weight excluding hydrogens is 1550 g/mol. The van der Waals surface area contributed by atoms with E-state index in [2.05, 4.69) is 437 Å². The lowest BCUT2D eigenvalue weighted by Crippen LogP contribution is -1.91. The molecule has 0 aliphatic rings. The van der Waals surface area contributed by atoms with Crippen molar-refractivity contribution in [3.63, 3.8) is 0 Å². The predicted molar refractivity (Wildman–Crippen MR) is 541 cm³/mol. The van der Waals surface area contributed by atoms with Crippen molar-refractivity contribution in [2.75, 3.05) is 0 Å². The first kappa shape index (κ1) is 71.6. The van der Waals surface area contributed by atoms with Crippen LogP contribution < -0.4 is 0 Å². The molecule has 128 heavy (non-hydrogen) atoms. The Morgan fingerprint density at radius 2 is 0.367 bits per heavy atom. The van der Waals surface area contributed by atoms with Gasteiger partial charge in [-0.15, -0.1) is 0 Å². The molecule has 0 amide bonds. The minimum atomic E-state index is 0.874. The largest absolute Gasteiger partial charge is 0.456 e. The zero-order valence-corrected chi connectivity index (χ0v) is 69.2. The van der Waals surface area contributed by atoms with Gasteiger partial charge in [0.05, 0.1) is 0 Å². The molecule has 24 aromatic carbocycles. The first-order valence-corrected chi connectivity index (χ1v) is 44.0. The molecule has 0 bridgehead atoms. The smallest absolute Gasteiger partial charge is 0.143 e. The normalized spacial score (nSPS) is 12.1. The van der Waals surface area contributed by atoms with Gasteiger partial charge >= 0.3 is 0 Å². The van der Waals surface area contributed by atoms with Crippen molar-refractivity contribution in [2.24, 2.45) is 0 Å². The van der Waals surface area contributed by atoms with Gasteiger partial charge in [0.1, 0.15) is 44.7 Å². The Morgan fingerprint density at radius 3 is 0.734 bits per heavy atom. The number of hydrogen-bond donors (Lipinski definition) is 0. The van der Waals surface area contributed by atoms with Gasteiger partial charge in [0, 0.05) is 65.3 Å². The molecule has 28 aromatic rings. The lowest BCUT2D eigenvalue weighted by Gasteiger charge is -2.18. The minimum absolute atomic E-state index is 0.874. The van der Waals surface area contributed by atoms with Crippen LogP contribution in [-0.4, -0.2) is 0 Å². The van der Waals surface area contributed by atoms with Crippen molar-refractivity contribution in [2.45, 2.75) is 0 Å². The molecular formula is C124H72O4. The van der Waals surface area contributed by atoms with Crippen LogP contribution in [0.4, 0.5) is 0 Å². The maximum absolute atomic E-state index is 6.97. The third-order valence-corrected chi connectivity index (χ3v) is 27.2. The van der Waals surface area contributed by atoms with Gasteiger partial charge in [-0.2, -0.15) is 0 Å². The fourth-order valence-corrected chi connectivity index (χ4v) is 21.8. The summed E-state index contributed by atoms with van der Waals surface area (Å²) in [6.07, 6.45) is 0. The fourth-order valence-electron chi connectivity index (χ4n) is 21.8. The zero-order chi connectivity index (χ0) is 83.8. The number of para-hydroxylation sites is 2. The number of fused-ring (bicyclic) bond motifs is 23. The van der Waals surface area contributed by atoms with E-state index in [0.29, 0.717) is 0 Å². The van der Waals surface area contributed by atoms with E-state index in [1.54, 1.807) is 0 Å². The first-order chi connectivity index (χ1) is 63.5. The summed E-state index contributed by atoms with van der Waals surface area (Å²) in [7, 11) is 0. The SMILES string of the molecule is c1ccc(-c2c3ccccc3c(-c3cccc4c3oc3ccc(-c5c6ccccc6c(-c6ccc7oc8cc9ccccc9cc8c7c6)c6ccccc56)cc34)c3ccccc23)cc1.c1ccc(-c2c3ccccc3c(-c3cccc4c3oc3ccc(-c5c6ccccc6c(-c6ccc7oc8ccc9ccccc9c8c7c6)c6ccccc56)cc34)c3ccccc23)cc1. The van der Waals surface area contributed by atoms with Crippen molar-refractivity contribution in [1.82, 2.24) is 0 Å². The van der Waals surface area contributed by atoms with Crippen LogP contribution in [0.25, 0.3) is 284 Å². The van der Waals surface area contributed by atoms with Crippen molar-refractivity contribution in [3.05, 3.63) is 437 Å². The van der Waals surface area contributed by atoms with E-state index in [-0.39, 0.29) is 0 Å². The number of hydrogen-bond acceptors (Lipinski definition) is 4. The second-order valence-electron chi connectivity index (χ2n) is 34.1. The summed E-state index contributed by atoms with van der Waals surface area (Å²) in [6, 6.07) is 158. The number of rotatable bonds is 8. The van der Waals surface area contributed by atoms with E-state index in [1.807, 2.05) is 0 Å². The van der Waals surface area contributed by atoms with Crippen LogP contribution in [0.15, 0.2) is 454 Å². The van der Waals surface area contributed by atoms with Crippen molar-refractivity contribution < 1.29 is 17.7 Å². The van der Waals surface area contributed by atoms with E-state index < -0.39 is 0 Å². The van der Waals surface area contributed by atoms with Crippen LogP contribution in [0.2, 0.25) is 0 Å². The van der Waals surface area contributed by atoms with Crippen LogP contribution >= 0.6 is 0 Å². The second kappa shape index (κ2) is 28.3. The Bertz CT molecular complexity index is 9360. The van der Waals surface area contributed by atoms with Crippen molar-refractivity contribution in [1.29, 1.82) is 0 Å². The molecule has 0 saturated carbocycles. The van der Waals surface area contributed by atoms with E-state index >= 15 is 0 Å². The summed E-state index contributed by atoms with van der Waals surface area (Å²) in [6.45, 7) is 0. The molecule has 0 unspecified atom stereocenters. The molecule has 0 aliphatic carbocycles. The molecule has 0 spiro atoms. The van der Waals surface area contributed by atoms with E-state index in [4.69, 9.17) is 17.7 Å². The van der Waals surface area contributed by atoms with Gasteiger partial charge in [0.25, 0.3) is 0 Å². The minimum Gasteiger partial charge on any atom is -0.456 e. The highest BCUT2D eigenvalue weighted by molar-refractivity contribution is 6.30. The number of benzene rings is 24. The molecule has 0 saturated heterocycles. The average Bonchev–Trinajstić information content (AvgIpc) is 1.14. The van der Waals surface area contributed by atoms with Crippen molar-refractivity contribution >= 4 is 195 Å². The highest BCUT2D eigenvalue weighted by Crippen LogP contribution is 2.54. The summed E-state index contributed by atoms with van der Waals surface area (Å²) in [5.74, 6) is 0. The quantitative estimate of drug-likeness (QED) is 0.142. The summed E-state index contributed by atoms with van der Waals surface area (Å²) >= 11 is 0. The standard InChI is InChI=1S/2C62H36O2/c1-2-16-38(17-3-1)57-46-23-10-12-25-48(46)60(49-26-13-11-24-47(49)57)51-28-14-27-50-52-35-39(30-32-54(52)64-62(50)51)58-42-19-6-8-21-44(42)59(45-22-9-7-20-43(45)58)40-31-33-55-53(36-40)61-41-18-5-4-15-37(41)29-34-56(61)63-55;1-2-15-37(16-3-1)58-46-23-10-12-25-48(46)61(49-26-13-11-24-47(49)58)51-28-14-27-50-52-34-40(30-32-56(52)64-62(50)51)59-42-19-6-8-21-44(42)60(45-22-9-7-20-43(45)59)41-29-31-55-53(35-41)54-33-38-17-4-5-18-39(38)36-57(54)63-55/h2*1-36H. The van der Waals surface area contributed by atoms with Crippen molar-refractivity contribution in [3.8, 4) is 89.0 Å². The maximum Gasteiger partial charge on any atom is 0.143 e. The van der Waals surface area contributed by atoms with Gasteiger partial charge in [-0.1, -0.05) is 370 Å². The van der Waals surface area contributed by atoms with Gasteiger partial charge in [-0.05, 0) is 241 Å². The highest BCUT2D eigenvalue weighted by Gasteiger charge is 2.27. The summed E-state index contributed by atoms with van der Waals surface area (Å²) in [5, 5.41) is 33.2. The Labute approximate surface area is 733 Å². The third-order valence-electron chi connectivity index (χ3n) is 27.2. The summed E-state index contributed by atoms with van der Waals surface area (Å²) < 4.78 is 26.8. The Morgan fingerprint density at radius 1 is 0.117 bits per heavy atom. The molecule has 4 aromatic heterocycles. The maximum atomic E-state index is 6.97. The number of furan rings is 4. The third kappa shape index (κ3) is 10.9. The Kier molecular flexibility index (Phi) is 15.8. The van der Waals surface area contributed by atoms with Gasteiger partial charge in [-0.25, -0.2) is 0 Å². The highest BCUT2D eigenvalue weighted by atomic mass is 16.3. The monoisotopic (exact) mass is 1620 g/mol. The summed E-state index contributed by atoms with van der Waals surface area (Å²) in [5.41, 5.74) is 26.2. The Balaban J connectivity index is 0.000000132. The van der Waals surface area contributed by atoms with Gasteiger partial charge in [0.2, 0.25) is 0 Å².